The highest BCUT2D eigenvalue weighted by Gasteiger charge is 2.08. The fourth-order valence-electron chi connectivity index (χ4n) is 1.95. The van der Waals surface area contributed by atoms with Crippen LogP contribution < -0.4 is 5.73 Å². The molecule has 0 amide bonds. The average molecular weight is 293 g/mol. The Kier molecular flexibility index (Phi) is 5.51. The lowest BCUT2D eigenvalue weighted by Crippen LogP contribution is -2.02. The van der Waals surface area contributed by atoms with Crippen LogP contribution in [0.15, 0.2) is 36.4 Å². The lowest BCUT2D eigenvalue weighted by atomic mass is 9.99. The van der Waals surface area contributed by atoms with E-state index in [4.69, 9.17) is 11.0 Å². The zero-order chi connectivity index (χ0) is 13.8. The summed E-state index contributed by atoms with van der Waals surface area (Å²) in [5.41, 5.74) is 7.65. The van der Waals surface area contributed by atoms with Crippen LogP contribution in [0.1, 0.15) is 11.1 Å². The molecule has 0 saturated carbocycles. The summed E-state index contributed by atoms with van der Waals surface area (Å²) in [5.74, 6) is -0.451. The second-order valence-corrected chi connectivity index (χ2v) is 4.23. The van der Waals surface area contributed by atoms with Crippen LogP contribution in [0, 0.1) is 17.1 Å². The van der Waals surface area contributed by atoms with Crippen molar-refractivity contribution in [2.75, 3.05) is 6.54 Å². The van der Waals surface area contributed by atoms with E-state index in [0.717, 1.165) is 11.6 Å². The Bertz CT molecular complexity index is 653. The molecule has 5 heteroatoms. The summed E-state index contributed by atoms with van der Waals surface area (Å²) >= 11 is 0. The van der Waals surface area contributed by atoms with E-state index in [-0.39, 0.29) is 23.7 Å². The molecular formula is C15H14ClFN2O. The van der Waals surface area contributed by atoms with Gasteiger partial charge in [0.25, 0.3) is 0 Å². The Morgan fingerprint density at radius 2 is 1.95 bits per heavy atom. The number of hydrogen-bond acceptors (Lipinski definition) is 3. The maximum Gasteiger partial charge on any atom is 0.125 e. The molecule has 0 fully saturated rings. The number of halogens is 2. The topological polar surface area (TPSA) is 70.0 Å². The van der Waals surface area contributed by atoms with Gasteiger partial charge in [-0.1, -0.05) is 6.07 Å². The number of nitrogens with two attached hydrogens (primary N) is 1. The normalized spacial score (nSPS) is 9.65. The zero-order valence-electron chi connectivity index (χ0n) is 10.6. The van der Waals surface area contributed by atoms with Gasteiger partial charge in [0.2, 0.25) is 0 Å². The number of aromatic hydroxyl groups is 1. The number of hydrogen-bond donors (Lipinski definition) is 2. The minimum atomic E-state index is -0.502. The first-order valence-corrected chi connectivity index (χ1v) is 5.87. The Morgan fingerprint density at radius 3 is 2.60 bits per heavy atom. The van der Waals surface area contributed by atoms with Gasteiger partial charge in [-0.05, 0) is 54.4 Å². The van der Waals surface area contributed by atoms with E-state index in [1.54, 1.807) is 24.3 Å². The van der Waals surface area contributed by atoms with E-state index in [2.05, 4.69) is 0 Å². The van der Waals surface area contributed by atoms with Gasteiger partial charge in [0.05, 0.1) is 11.6 Å². The van der Waals surface area contributed by atoms with Crippen LogP contribution in [-0.4, -0.2) is 11.7 Å². The third kappa shape index (κ3) is 3.47. The Morgan fingerprint density at radius 1 is 1.20 bits per heavy atom. The molecule has 2 aromatic carbocycles. The zero-order valence-corrected chi connectivity index (χ0v) is 11.5. The van der Waals surface area contributed by atoms with Crippen LogP contribution >= 0.6 is 12.4 Å². The van der Waals surface area contributed by atoms with Gasteiger partial charge in [-0.25, -0.2) is 4.39 Å². The molecule has 0 aliphatic rings. The highest BCUT2D eigenvalue weighted by atomic mass is 35.5. The molecule has 0 spiro atoms. The van der Waals surface area contributed by atoms with Crippen molar-refractivity contribution in [2.45, 2.75) is 6.42 Å². The highest BCUT2D eigenvalue weighted by Crippen LogP contribution is 2.31. The molecule has 2 aromatic rings. The minimum absolute atomic E-state index is 0. The first-order valence-electron chi connectivity index (χ1n) is 5.87. The van der Waals surface area contributed by atoms with Crippen LogP contribution in [0.3, 0.4) is 0 Å². The monoisotopic (exact) mass is 292 g/mol. The van der Waals surface area contributed by atoms with Gasteiger partial charge in [-0.2, -0.15) is 5.26 Å². The van der Waals surface area contributed by atoms with Crippen LogP contribution in [0.5, 0.6) is 5.75 Å². The molecule has 0 aromatic heterocycles. The second kappa shape index (κ2) is 6.90. The van der Waals surface area contributed by atoms with Gasteiger partial charge < -0.3 is 10.8 Å². The van der Waals surface area contributed by atoms with Crippen molar-refractivity contribution in [3.63, 3.8) is 0 Å². The molecule has 20 heavy (non-hydrogen) atoms. The van der Waals surface area contributed by atoms with E-state index in [9.17, 15) is 9.50 Å². The SMILES string of the molecule is Cl.N#Cc1cc(F)cc(-c2cc(CCN)ccc2O)c1. The molecule has 2 rings (SSSR count). The van der Waals surface area contributed by atoms with Crippen molar-refractivity contribution >= 4 is 12.4 Å². The maximum atomic E-state index is 13.4. The fraction of sp³-hybridized carbons (Fsp3) is 0.133. The first kappa shape index (κ1) is 16.0. The number of benzene rings is 2. The van der Waals surface area contributed by atoms with Gasteiger partial charge in [0.15, 0.2) is 0 Å². The van der Waals surface area contributed by atoms with Gasteiger partial charge in [0.1, 0.15) is 11.6 Å². The minimum Gasteiger partial charge on any atom is -0.507 e. The van der Waals surface area contributed by atoms with Gasteiger partial charge in [-0.15, -0.1) is 12.4 Å². The van der Waals surface area contributed by atoms with Crippen molar-refractivity contribution in [3.8, 4) is 22.9 Å². The van der Waals surface area contributed by atoms with Crippen molar-refractivity contribution in [2.24, 2.45) is 5.73 Å². The molecule has 0 aliphatic heterocycles. The summed E-state index contributed by atoms with van der Waals surface area (Å²) < 4.78 is 13.4. The molecule has 0 saturated heterocycles. The number of phenolic OH excluding ortho intramolecular Hbond substituents is 1. The Hall–Kier alpha value is -2.09. The molecule has 0 atom stereocenters. The van der Waals surface area contributed by atoms with Crippen LogP contribution in [0.4, 0.5) is 4.39 Å². The summed E-state index contributed by atoms with van der Waals surface area (Å²) in [6.45, 7) is 0.497. The van der Waals surface area contributed by atoms with Crippen LogP contribution in [0.2, 0.25) is 0 Å². The summed E-state index contributed by atoms with van der Waals surface area (Å²) in [7, 11) is 0. The summed E-state index contributed by atoms with van der Waals surface area (Å²) in [6, 6.07) is 11.0. The van der Waals surface area contributed by atoms with E-state index >= 15 is 0 Å². The molecule has 0 unspecified atom stereocenters. The van der Waals surface area contributed by atoms with Crippen molar-refractivity contribution < 1.29 is 9.50 Å². The predicted octanol–water partition coefficient (Wildman–Crippen LogP) is 2.99. The maximum absolute atomic E-state index is 13.4. The van der Waals surface area contributed by atoms with E-state index in [1.165, 1.54) is 6.07 Å². The number of nitrogens with zero attached hydrogens (tertiary/aromatic N) is 1. The van der Waals surface area contributed by atoms with E-state index in [0.29, 0.717) is 24.1 Å². The van der Waals surface area contributed by atoms with Crippen molar-refractivity contribution in [3.05, 3.63) is 53.3 Å². The predicted molar refractivity (Wildman–Crippen MR) is 78.2 cm³/mol. The second-order valence-electron chi connectivity index (χ2n) is 4.23. The highest BCUT2D eigenvalue weighted by molar-refractivity contribution is 5.85. The lowest BCUT2D eigenvalue weighted by molar-refractivity contribution is 0.477. The summed E-state index contributed by atoms with van der Waals surface area (Å²) in [5, 5.41) is 18.7. The number of rotatable bonds is 3. The Labute approximate surface area is 122 Å². The van der Waals surface area contributed by atoms with Gasteiger partial charge >= 0.3 is 0 Å². The molecule has 104 valence electrons. The fourth-order valence-corrected chi connectivity index (χ4v) is 1.95. The van der Waals surface area contributed by atoms with Gasteiger partial charge in [-0.3, -0.25) is 0 Å². The Balaban J connectivity index is 0.00000200. The summed E-state index contributed by atoms with van der Waals surface area (Å²) in [6.07, 6.45) is 0.674. The van der Waals surface area contributed by atoms with E-state index in [1.807, 2.05) is 6.07 Å². The van der Waals surface area contributed by atoms with Gasteiger partial charge in [0, 0.05) is 5.56 Å². The largest absolute Gasteiger partial charge is 0.507 e. The molecule has 0 radical (unpaired) electrons. The quantitative estimate of drug-likeness (QED) is 0.913. The standard InChI is InChI=1S/C15H13FN2O.ClH/c16-13-6-11(9-18)5-12(8-13)14-7-10(3-4-17)1-2-15(14)19;/h1-2,5-8,19H,3-4,17H2;1H. The first-order chi connectivity index (χ1) is 9.13. The van der Waals surface area contributed by atoms with Crippen LogP contribution in [-0.2, 0) is 6.42 Å². The molecule has 3 nitrogen and oxygen atoms in total. The average Bonchev–Trinajstić information content (AvgIpc) is 2.40. The molecule has 3 N–H and O–H groups in total. The van der Waals surface area contributed by atoms with Crippen LogP contribution in [0.25, 0.3) is 11.1 Å². The number of nitriles is 1. The third-order valence-electron chi connectivity index (χ3n) is 2.83. The third-order valence-corrected chi connectivity index (χ3v) is 2.83. The van der Waals surface area contributed by atoms with Crippen molar-refractivity contribution in [1.82, 2.24) is 0 Å². The molecule has 0 heterocycles. The summed E-state index contributed by atoms with van der Waals surface area (Å²) in [4.78, 5) is 0. The number of phenols is 1. The molecular weight excluding hydrogens is 279 g/mol. The molecule has 0 aliphatic carbocycles. The van der Waals surface area contributed by atoms with E-state index < -0.39 is 5.82 Å². The molecule has 0 bridgehead atoms. The smallest absolute Gasteiger partial charge is 0.125 e. The van der Waals surface area contributed by atoms with Crippen molar-refractivity contribution in [1.29, 1.82) is 5.26 Å². The lowest BCUT2D eigenvalue weighted by Gasteiger charge is -2.08.